The van der Waals surface area contributed by atoms with Crippen molar-refractivity contribution in [1.29, 1.82) is 0 Å². The lowest BCUT2D eigenvalue weighted by atomic mass is 9.84. The van der Waals surface area contributed by atoms with E-state index in [1.54, 1.807) is 24.3 Å². The second-order valence-electron chi connectivity index (χ2n) is 6.38. The monoisotopic (exact) mass is 342 g/mol. The second-order valence-corrected chi connectivity index (χ2v) is 8.53. The van der Waals surface area contributed by atoms with Crippen LogP contribution in [-0.4, -0.2) is 32.6 Å². The number of rotatable bonds is 5. The van der Waals surface area contributed by atoms with Gasteiger partial charge in [0.05, 0.1) is 11.1 Å². The zero-order valence-corrected chi connectivity index (χ0v) is 14.2. The van der Waals surface area contributed by atoms with E-state index in [1.807, 2.05) is 0 Å². The molecule has 1 saturated heterocycles. The summed E-state index contributed by atoms with van der Waals surface area (Å²) >= 11 is 5.83. The fraction of sp³-hybridized carbons (Fsp3) is 0.625. The number of nitrogens with one attached hydrogen (secondary N) is 1. The third kappa shape index (κ3) is 3.82. The molecule has 0 aromatic heterocycles. The summed E-state index contributed by atoms with van der Waals surface area (Å²) in [6.45, 7) is 2.01. The highest BCUT2D eigenvalue weighted by Crippen LogP contribution is 2.29. The van der Waals surface area contributed by atoms with Gasteiger partial charge in [-0.1, -0.05) is 18.0 Å². The van der Waals surface area contributed by atoms with Gasteiger partial charge in [0.1, 0.15) is 0 Å². The Kier molecular flexibility index (Phi) is 5.07. The van der Waals surface area contributed by atoms with E-state index in [4.69, 9.17) is 11.6 Å². The zero-order chi connectivity index (χ0) is 15.6. The summed E-state index contributed by atoms with van der Waals surface area (Å²) in [7, 11) is -3.48. The molecule has 0 radical (unpaired) electrons. The van der Waals surface area contributed by atoms with E-state index in [1.165, 1.54) is 19.3 Å². The summed E-state index contributed by atoms with van der Waals surface area (Å²) in [6, 6.07) is 6.35. The van der Waals surface area contributed by atoms with Crippen molar-refractivity contribution < 1.29 is 8.42 Å². The number of hydrogen-bond acceptors (Lipinski definition) is 3. The Morgan fingerprint density at radius 2 is 1.82 bits per heavy atom. The second kappa shape index (κ2) is 6.87. The lowest BCUT2D eigenvalue weighted by Gasteiger charge is -2.40. The van der Waals surface area contributed by atoms with E-state index in [9.17, 15) is 8.42 Å². The van der Waals surface area contributed by atoms with Crippen molar-refractivity contribution in [2.75, 3.05) is 13.1 Å². The molecule has 2 aliphatic rings. The molecule has 1 aromatic carbocycles. The molecule has 122 valence electrons. The van der Waals surface area contributed by atoms with Gasteiger partial charge in [-0.2, -0.15) is 4.72 Å². The number of sulfonamides is 1. The Balaban J connectivity index is 1.69. The first-order valence-electron chi connectivity index (χ1n) is 8.06. The summed E-state index contributed by atoms with van der Waals surface area (Å²) in [4.78, 5) is 2.60. The molecule has 2 fully saturated rings. The van der Waals surface area contributed by atoms with Gasteiger partial charge in [0, 0.05) is 11.6 Å². The molecule has 0 spiro atoms. The van der Waals surface area contributed by atoms with E-state index in [0.717, 1.165) is 38.3 Å². The minimum atomic E-state index is -3.48. The highest BCUT2D eigenvalue weighted by Gasteiger charge is 2.30. The van der Waals surface area contributed by atoms with Gasteiger partial charge in [-0.25, -0.2) is 8.42 Å². The average molecular weight is 343 g/mol. The van der Waals surface area contributed by atoms with Crippen LogP contribution < -0.4 is 4.72 Å². The first kappa shape index (κ1) is 16.2. The molecule has 1 unspecified atom stereocenters. The molecule has 1 aromatic rings. The standard InChI is InChI=1S/C16H23ClN2O2S/c17-14-7-9-15(10-8-14)22(20,21)18-16-6-1-2-11-19(16)12-13-4-3-5-13/h7-10,13,16,18H,1-6,11-12H2. The van der Waals surface area contributed by atoms with Crippen molar-refractivity contribution in [3.05, 3.63) is 29.3 Å². The molecular formula is C16H23ClN2O2S. The van der Waals surface area contributed by atoms with Gasteiger partial charge in [0.25, 0.3) is 0 Å². The Bertz CT molecular complexity index is 599. The SMILES string of the molecule is O=S(=O)(NC1CCCCN1CC1CCC1)c1ccc(Cl)cc1. The van der Waals surface area contributed by atoms with Crippen LogP contribution in [0.4, 0.5) is 0 Å². The van der Waals surface area contributed by atoms with Gasteiger partial charge in [-0.3, -0.25) is 4.90 Å². The van der Waals surface area contributed by atoms with Crippen molar-refractivity contribution in [3.63, 3.8) is 0 Å². The maximum Gasteiger partial charge on any atom is 0.241 e. The molecule has 6 heteroatoms. The number of piperidine rings is 1. The van der Waals surface area contributed by atoms with Crippen molar-refractivity contribution in [1.82, 2.24) is 9.62 Å². The smallest absolute Gasteiger partial charge is 0.241 e. The van der Waals surface area contributed by atoms with Gasteiger partial charge in [0.2, 0.25) is 10.0 Å². The highest BCUT2D eigenvalue weighted by atomic mass is 35.5. The van der Waals surface area contributed by atoms with Crippen LogP contribution >= 0.6 is 11.6 Å². The van der Waals surface area contributed by atoms with Gasteiger partial charge in [0.15, 0.2) is 0 Å². The van der Waals surface area contributed by atoms with Crippen molar-refractivity contribution in [3.8, 4) is 0 Å². The van der Waals surface area contributed by atoms with Crippen molar-refractivity contribution in [2.45, 2.75) is 49.6 Å². The van der Waals surface area contributed by atoms with Gasteiger partial charge >= 0.3 is 0 Å². The molecule has 0 bridgehead atoms. The molecule has 1 atom stereocenters. The average Bonchev–Trinajstić information content (AvgIpc) is 2.44. The number of benzene rings is 1. The van der Waals surface area contributed by atoms with Crippen LogP contribution in [0.2, 0.25) is 5.02 Å². The lowest BCUT2D eigenvalue weighted by molar-refractivity contribution is 0.0944. The number of halogens is 1. The largest absolute Gasteiger partial charge is 0.287 e. The van der Waals surface area contributed by atoms with Crippen molar-refractivity contribution in [2.24, 2.45) is 5.92 Å². The number of likely N-dealkylation sites (tertiary alicyclic amines) is 1. The van der Waals surface area contributed by atoms with Gasteiger partial charge in [-0.05, 0) is 68.8 Å². The Labute approximate surface area is 137 Å². The summed E-state index contributed by atoms with van der Waals surface area (Å²) in [5.41, 5.74) is 0. The minimum absolute atomic E-state index is 0.0740. The minimum Gasteiger partial charge on any atom is -0.287 e. The molecule has 3 rings (SSSR count). The molecule has 1 N–H and O–H groups in total. The molecule has 1 heterocycles. The molecule has 22 heavy (non-hydrogen) atoms. The predicted octanol–water partition coefficient (Wildman–Crippen LogP) is 3.23. The highest BCUT2D eigenvalue weighted by molar-refractivity contribution is 7.89. The first-order chi connectivity index (χ1) is 10.5. The van der Waals surface area contributed by atoms with E-state index < -0.39 is 10.0 Å². The van der Waals surface area contributed by atoms with E-state index in [0.29, 0.717) is 5.02 Å². The third-order valence-electron chi connectivity index (χ3n) is 4.75. The van der Waals surface area contributed by atoms with Crippen molar-refractivity contribution >= 4 is 21.6 Å². The lowest BCUT2D eigenvalue weighted by Crippen LogP contribution is -2.52. The Hall–Kier alpha value is -0.620. The van der Waals surface area contributed by atoms with Gasteiger partial charge < -0.3 is 0 Å². The van der Waals surface area contributed by atoms with Crippen LogP contribution in [0.5, 0.6) is 0 Å². The van der Waals surface area contributed by atoms with Gasteiger partial charge in [-0.15, -0.1) is 0 Å². The molecule has 4 nitrogen and oxygen atoms in total. The Morgan fingerprint density at radius 1 is 1.09 bits per heavy atom. The normalized spacial score (nSPS) is 24.1. The zero-order valence-electron chi connectivity index (χ0n) is 12.7. The molecule has 1 aliphatic heterocycles. The molecular weight excluding hydrogens is 320 g/mol. The fourth-order valence-electron chi connectivity index (χ4n) is 3.21. The van der Waals surface area contributed by atoms with Crippen LogP contribution in [0, 0.1) is 5.92 Å². The maximum atomic E-state index is 12.5. The topological polar surface area (TPSA) is 49.4 Å². The van der Waals surface area contributed by atoms with E-state index in [2.05, 4.69) is 9.62 Å². The van der Waals surface area contributed by atoms with Crippen LogP contribution in [0.3, 0.4) is 0 Å². The van der Waals surface area contributed by atoms with E-state index in [-0.39, 0.29) is 11.1 Å². The quantitative estimate of drug-likeness (QED) is 0.893. The molecule has 0 amide bonds. The summed E-state index contributed by atoms with van der Waals surface area (Å²) in [6.07, 6.45) is 6.94. The summed E-state index contributed by atoms with van der Waals surface area (Å²) in [5.74, 6) is 0.751. The first-order valence-corrected chi connectivity index (χ1v) is 9.93. The Morgan fingerprint density at radius 3 is 2.45 bits per heavy atom. The van der Waals surface area contributed by atoms with Crippen LogP contribution in [0.25, 0.3) is 0 Å². The van der Waals surface area contributed by atoms with Crippen LogP contribution in [-0.2, 0) is 10.0 Å². The predicted molar refractivity (Wildman–Crippen MR) is 88.3 cm³/mol. The number of hydrogen-bond donors (Lipinski definition) is 1. The summed E-state index contributed by atoms with van der Waals surface area (Å²) in [5, 5.41) is 0.545. The molecule has 1 saturated carbocycles. The number of nitrogens with zero attached hydrogens (tertiary/aromatic N) is 1. The van der Waals surface area contributed by atoms with E-state index >= 15 is 0 Å². The van der Waals surface area contributed by atoms with Crippen LogP contribution in [0.15, 0.2) is 29.2 Å². The summed E-state index contributed by atoms with van der Waals surface area (Å²) < 4.78 is 28.0. The third-order valence-corrected chi connectivity index (χ3v) is 6.47. The maximum absolute atomic E-state index is 12.5. The van der Waals surface area contributed by atoms with Crippen LogP contribution in [0.1, 0.15) is 38.5 Å². The fourth-order valence-corrected chi connectivity index (χ4v) is 4.59. The molecule has 1 aliphatic carbocycles.